The predicted octanol–water partition coefficient (Wildman–Crippen LogP) is 2.22. The summed E-state index contributed by atoms with van der Waals surface area (Å²) in [5.41, 5.74) is 2.10. The van der Waals surface area contributed by atoms with Crippen LogP contribution >= 0.6 is 0 Å². The highest BCUT2D eigenvalue weighted by Gasteiger charge is 2.17. The first-order valence-corrected chi connectivity index (χ1v) is 7.22. The van der Waals surface area contributed by atoms with Gasteiger partial charge in [0.25, 0.3) is 0 Å². The maximum Gasteiger partial charge on any atom is 0.358 e. The molecular weight excluding hydrogens is 296 g/mol. The van der Waals surface area contributed by atoms with Gasteiger partial charge in [-0.1, -0.05) is 38.1 Å². The first-order chi connectivity index (χ1) is 10.7. The third-order valence-corrected chi connectivity index (χ3v) is 3.51. The SMILES string of the molecule is Cc1c(C(=O)O)nnn1CC(=O)Nc1ccc(C(C)(C)C)cc1. The van der Waals surface area contributed by atoms with Gasteiger partial charge in [0.1, 0.15) is 6.54 Å². The van der Waals surface area contributed by atoms with Crippen LogP contribution in [-0.2, 0) is 16.8 Å². The number of hydrogen-bond acceptors (Lipinski definition) is 4. The van der Waals surface area contributed by atoms with E-state index in [4.69, 9.17) is 5.11 Å². The lowest BCUT2D eigenvalue weighted by atomic mass is 9.87. The lowest BCUT2D eigenvalue weighted by Gasteiger charge is -2.19. The summed E-state index contributed by atoms with van der Waals surface area (Å²) in [5, 5.41) is 18.9. The van der Waals surface area contributed by atoms with E-state index in [0.717, 1.165) is 0 Å². The number of hydrogen-bond donors (Lipinski definition) is 2. The van der Waals surface area contributed by atoms with Crippen LogP contribution in [0.3, 0.4) is 0 Å². The summed E-state index contributed by atoms with van der Waals surface area (Å²) in [6, 6.07) is 7.63. The number of anilines is 1. The summed E-state index contributed by atoms with van der Waals surface area (Å²) in [7, 11) is 0. The van der Waals surface area contributed by atoms with E-state index in [2.05, 4.69) is 36.4 Å². The van der Waals surface area contributed by atoms with Crippen molar-refractivity contribution in [1.82, 2.24) is 15.0 Å². The molecule has 0 unspecified atom stereocenters. The summed E-state index contributed by atoms with van der Waals surface area (Å²) in [6.45, 7) is 7.83. The van der Waals surface area contributed by atoms with Crippen LogP contribution < -0.4 is 5.32 Å². The molecule has 1 heterocycles. The monoisotopic (exact) mass is 316 g/mol. The largest absolute Gasteiger partial charge is 0.476 e. The summed E-state index contributed by atoms with van der Waals surface area (Å²) in [4.78, 5) is 23.0. The molecule has 2 N–H and O–H groups in total. The molecule has 0 aliphatic rings. The van der Waals surface area contributed by atoms with Crippen LogP contribution in [0.5, 0.6) is 0 Å². The van der Waals surface area contributed by atoms with Crippen LogP contribution in [-0.4, -0.2) is 32.0 Å². The highest BCUT2D eigenvalue weighted by Crippen LogP contribution is 2.23. The smallest absolute Gasteiger partial charge is 0.358 e. The fourth-order valence-electron chi connectivity index (χ4n) is 2.10. The molecule has 2 rings (SSSR count). The van der Waals surface area contributed by atoms with Crippen molar-refractivity contribution >= 4 is 17.6 Å². The number of carboxylic acid groups (broad SMARTS) is 1. The summed E-state index contributed by atoms with van der Waals surface area (Å²) >= 11 is 0. The number of amides is 1. The Hall–Kier alpha value is -2.70. The molecule has 23 heavy (non-hydrogen) atoms. The second kappa shape index (κ2) is 6.20. The molecule has 0 spiro atoms. The van der Waals surface area contributed by atoms with E-state index in [1.54, 1.807) is 6.92 Å². The lowest BCUT2D eigenvalue weighted by Crippen LogP contribution is -2.20. The molecule has 0 radical (unpaired) electrons. The standard InChI is InChI=1S/C16H20N4O3/c1-10-14(15(22)23)18-19-20(10)9-13(21)17-12-7-5-11(6-8-12)16(2,3)4/h5-8H,9H2,1-4H3,(H,17,21)(H,22,23). The van der Waals surface area contributed by atoms with E-state index in [1.165, 1.54) is 10.2 Å². The Labute approximate surface area is 134 Å². The molecule has 7 nitrogen and oxygen atoms in total. The van der Waals surface area contributed by atoms with Gasteiger partial charge in [-0.15, -0.1) is 5.10 Å². The van der Waals surface area contributed by atoms with Crippen molar-refractivity contribution in [3.05, 3.63) is 41.2 Å². The van der Waals surface area contributed by atoms with Crippen LogP contribution in [0.1, 0.15) is 42.5 Å². The van der Waals surface area contributed by atoms with Crippen molar-refractivity contribution in [3.8, 4) is 0 Å². The van der Waals surface area contributed by atoms with Crippen LogP contribution in [0.4, 0.5) is 5.69 Å². The molecular formula is C16H20N4O3. The summed E-state index contributed by atoms with van der Waals surface area (Å²) < 4.78 is 1.27. The number of benzene rings is 1. The minimum atomic E-state index is -1.16. The minimum Gasteiger partial charge on any atom is -0.476 e. The zero-order valence-electron chi connectivity index (χ0n) is 13.6. The third kappa shape index (κ3) is 3.94. The lowest BCUT2D eigenvalue weighted by molar-refractivity contribution is -0.117. The first-order valence-electron chi connectivity index (χ1n) is 7.22. The van der Waals surface area contributed by atoms with Crippen LogP contribution in [0.25, 0.3) is 0 Å². The van der Waals surface area contributed by atoms with Gasteiger partial charge in [-0.05, 0) is 30.0 Å². The molecule has 1 aromatic heterocycles. The Kier molecular flexibility index (Phi) is 4.49. The molecule has 0 aliphatic heterocycles. The normalized spacial score (nSPS) is 11.3. The van der Waals surface area contributed by atoms with E-state index < -0.39 is 5.97 Å². The van der Waals surface area contributed by atoms with E-state index >= 15 is 0 Å². The average Bonchev–Trinajstić information content (AvgIpc) is 2.80. The fraction of sp³-hybridized carbons (Fsp3) is 0.375. The molecule has 0 saturated carbocycles. The second-order valence-electron chi connectivity index (χ2n) is 6.36. The van der Waals surface area contributed by atoms with Crippen molar-refractivity contribution in [3.63, 3.8) is 0 Å². The summed E-state index contributed by atoms with van der Waals surface area (Å²) in [5.74, 6) is -1.45. The number of rotatable bonds is 4. The van der Waals surface area contributed by atoms with Gasteiger partial charge in [0.15, 0.2) is 5.69 Å². The average molecular weight is 316 g/mol. The highest BCUT2D eigenvalue weighted by molar-refractivity contribution is 5.91. The predicted molar refractivity (Wildman–Crippen MR) is 85.5 cm³/mol. The number of nitrogens with one attached hydrogen (secondary N) is 1. The van der Waals surface area contributed by atoms with Crippen LogP contribution in [0.15, 0.2) is 24.3 Å². The van der Waals surface area contributed by atoms with E-state index in [-0.39, 0.29) is 23.6 Å². The number of nitrogens with zero attached hydrogens (tertiary/aromatic N) is 3. The molecule has 0 fully saturated rings. The second-order valence-corrected chi connectivity index (χ2v) is 6.36. The maximum atomic E-state index is 12.0. The Morgan fingerprint density at radius 1 is 1.22 bits per heavy atom. The molecule has 7 heteroatoms. The number of carbonyl (C=O) groups excluding carboxylic acids is 1. The number of aromatic carboxylic acids is 1. The third-order valence-electron chi connectivity index (χ3n) is 3.51. The van der Waals surface area contributed by atoms with Crippen molar-refractivity contribution in [2.24, 2.45) is 0 Å². The quantitative estimate of drug-likeness (QED) is 0.901. The topological polar surface area (TPSA) is 97.1 Å². The first kappa shape index (κ1) is 16.7. The number of aromatic nitrogens is 3. The van der Waals surface area contributed by atoms with Crippen molar-refractivity contribution in [2.45, 2.75) is 39.7 Å². The molecule has 1 aromatic carbocycles. The van der Waals surface area contributed by atoms with E-state index in [1.807, 2.05) is 24.3 Å². The minimum absolute atomic E-state index is 0.0492. The van der Waals surface area contributed by atoms with Gasteiger partial charge in [0.2, 0.25) is 5.91 Å². The molecule has 0 bridgehead atoms. The van der Waals surface area contributed by atoms with E-state index in [9.17, 15) is 9.59 Å². The van der Waals surface area contributed by atoms with Gasteiger partial charge < -0.3 is 10.4 Å². The van der Waals surface area contributed by atoms with Gasteiger partial charge in [-0.3, -0.25) is 4.79 Å². The van der Waals surface area contributed by atoms with E-state index in [0.29, 0.717) is 11.4 Å². The molecule has 122 valence electrons. The molecule has 2 aromatic rings. The highest BCUT2D eigenvalue weighted by atomic mass is 16.4. The van der Waals surface area contributed by atoms with Gasteiger partial charge in [-0.25, -0.2) is 9.48 Å². The molecule has 0 saturated heterocycles. The van der Waals surface area contributed by atoms with Gasteiger partial charge in [-0.2, -0.15) is 0 Å². The Balaban J connectivity index is 2.04. The van der Waals surface area contributed by atoms with Gasteiger partial charge in [0, 0.05) is 5.69 Å². The summed E-state index contributed by atoms with van der Waals surface area (Å²) in [6.07, 6.45) is 0. The Morgan fingerprint density at radius 2 is 1.83 bits per heavy atom. The zero-order chi connectivity index (χ0) is 17.2. The van der Waals surface area contributed by atoms with Gasteiger partial charge >= 0.3 is 5.97 Å². The molecule has 0 aliphatic carbocycles. The van der Waals surface area contributed by atoms with Crippen LogP contribution in [0, 0.1) is 6.92 Å². The number of carboxylic acids is 1. The van der Waals surface area contributed by atoms with Crippen molar-refractivity contribution < 1.29 is 14.7 Å². The van der Waals surface area contributed by atoms with Crippen LogP contribution in [0.2, 0.25) is 0 Å². The van der Waals surface area contributed by atoms with Crippen molar-refractivity contribution in [1.29, 1.82) is 0 Å². The Morgan fingerprint density at radius 3 is 2.30 bits per heavy atom. The Bertz CT molecular complexity index is 727. The zero-order valence-corrected chi connectivity index (χ0v) is 13.6. The fourth-order valence-corrected chi connectivity index (χ4v) is 2.10. The number of carbonyl (C=O) groups is 2. The maximum absolute atomic E-state index is 12.0. The van der Waals surface area contributed by atoms with Gasteiger partial charge in [0.05, 0.1) is 5.69 Å². The molecule has 0 atom stereocenters. The van der Waals surface area contributed by atoms with Crippen molar-refractivity contribution in [2.75, 3.05) is 5.32 Å². The molecule has 1 amide bonds.